The Balaban J connectivity index is 1.86. The number of anilines is 1. The van der Waals surface area contributed by atoms with E-state index in [1.54, 1.807) is 37.4 Å². The van der Waals surface area contributed by atoms with Crippen molar-refractivity contribution in [3.63, 3.8) is 0 Å². The molecule has 1 amide bonds. The zero-order valence-electron chi connectivity index (χ0n) is 19.8. The highest BCUT2D eigenvalue weighted by Gasteiger charge is 2.52. The van der Waals surface area contributed by atoms with E-state index in [4.69, 9.17) is 14.2 Å². The molecule has 0 unspecified atom stereocenters. The van der Waals surface area contributed by atoms with Crippen molar-refractivity contribution in [2.75, 3.05) is 19.5 Å². The molecular weight excluding hydrogens is 418 g/mol. The van der Waals surface area contributed by atoms with Crippen molar-refractivity contribution in [2.24, 2.45) is 0 Å². The molecule has 0 radical (unpaired) electrons. The van der Waals surface area contributed by atoms with E-state index in [2.05, 4.69) is 31.3 Å². The van der Waals surface area contributed by atoms with Gasteiger partial charge in [0.05, 0.1) is 18.4 Å². The number of nitrogens with one attached hydrogen (secondary N) is 1. The standard InChI is InChI=1S/C27H31NO5/c1-17(2)7-6-15-26(3)16-14-18-8-13-21-22(23(18)33-26)27(30,24(32-5)25(29)28-21)19-9-11-20(31-4)12-10-19/h7-14,16,24,30H,6,15H2,1-5H3,(H,28,29)/t24-,26-,27+/m0/s1. The maximum absolute atomic E-state index is 12.9. The van der Waals surface area contributed by atoms with E-state index < -0.39 is 23.2 Å². The van der Waals surface area contributed by atoms with E-state index >= 15 is 0 Å². The Morgan fingerprint density at radius 2 is 1.91 bits per heavy atom. The minimum atomic E-state index is -1.75. The predicted octanol–water partition coefficient (Wildman–Crippen LogP) is 4.81. The molecule has 0 aliphatic carbocycles. The molecule has 0 saturated carbocycles. The lowest BCUT2D eigenvalue weighted by Gasteiger charge is -2.43. The number of methoxy groups -OCH3 is 2. The fourth-order valence-corrected chi connectivity index (χ4v) is 4.58. The Labute approximate surface area is 194 Å². The molecule has 0 spiro atoms. The summed E-state index contributed by atoms with van der Waals surface area (Å²) < 4.78 is 17.4. The van der Waals surface area contributed by atoms with Crippen molar-refractivity contribution in [3.8, 4) is 11.5 Å². The molecule has 0 fully saturated rings. The van der Waals surface area contributed by atoms with Crippen LogP contribution in [0.4, 0.5) is 5.69 Å². The van der Waals surface area contributed by atoms with Crippen molar-refractivity contribution < 1.29 is 24.1 Å². The van der Waals surface area contributed by atoms with E-state index in [0.29, 0.717) is 28.3 Å². The zero-order valence-corrected chi connectivity index (χ0v) is 19.8. The highest BCUT2D eigenvalue weighted by Crippen LogP contribution is 2.50. The molecule has 2 aromatic carbocycles. The van der Waals surface area contributed by atoms with Crippen LogP contribution in [-0.2, 0) is 15.1 Å². The van der Waals surface area contributed by atoms with Crippen molar-refractivity contribution in [1.82, 2.24) is 0 Å². The van der Waals surface area contributed by atoms with Crippen LogP contribution >= 0.6 is 0 Å². The molecule has 33 heavy (non-hydrogen) atoms. The number of carbonyl (C=O) groups excluding carboxylic acids is 1. The van der Waals surface area contributed by atoms with Crippen molar-refractivity contribution in [1.29, 1.82) is 0 Å². The van der Waals surface area contributed by atoms with Gasteiger partial charge in [0, 0.05) is 12.7 Å². The summed E-state index contributed by atoms with van der Waals surface area (Å²) in [6.45, 7) is 6.19. The minimum Gasteiger partial charge on any atom is -0.497 e. The van der Waals surface area contributed by atoms with E-state index in [-0.39, 0.29) is 0 Å². The molecular formula is C27H31NO5. The number of rotatable bonds is 6. The quantitative estimate of drug-likeness (QED) is 0.619. The molecule has 6 heteroatoms. The van der Waals surface area contributed by atoms with Gasteiger partial charge in [-0.15, -0.1) is 0 Å². The number of aliphatic hydroxyl groups is 1. The third-order valence-electron chi connectivity index (χ3n) is 6.35. The van der Waals surface area contributed by atoms with Crippen molar-refractivity contribution in [2.45, 2.75) is 50.9 Å². The van der Waals surface area contributed by atoms with Crippen LogP contribution in [0.3, 0.4) is 0 Å². The molecule has 2 aliphatic rings. The second-order valence-corrected chi connectivity index (χ2v) is 9.07. The fourth-order valence-electron chi connectivity index (χ4n) is 4.58. The van der Waals surface area contributed by atoms with Gasteiger partial charge in [-0.1, -0.05) is 29.9 Å². The number of fused-ring (bicyclic) bond motifs is 3. The lowest BCUT2D eigenvalue weighted by atomic mass is 9.76. The monoisotopic (exact) mass is 449 g/mol. The first-order valence-corrected chi connectivity index (χ1v) is 11.1. The number of benzene rings is 2. The average molecular weight is 450 g/mol. The van der Waals surface area contributed by atoms with E-state index in [1.165, 1.54) is 12.7 Å². The van der Waals surface area contributed by atoms with E-state index in [9.17, 15) is 9.90 Å². The topological polar surface area (TPSA) is 77.0 Å². The molecule has 4 rings (SSSR count). The fraction of sp³-hybridized carbons (Fsp3) is 0.370. The van der Waals surface area contributed by atoms with Gasteiger partial charge in [0.1, 0.15) is 17.1 Å². The third kappa shape index (κ3) is 4.05. The molecule has 2 aliphatic heterocycles. The molecule has 0 aromatic heterocycles. The molecule has 2 N–H and O–H groups in total. The molecule has 3 atom stereocenters. The van der Waals surface area contributed by atoms with Crippen LogP contribution in [0.2, 0.25) is 0 Å². The highest BCUT2D eigenvalue weighted by atomic mass is 16.5. The summed E-state index contributed by atoms with van der Waals surface area (Å²) >= 11 is 0. The van der Waals surface area contributed by atoms with Gasteiger partial charge in [0.15, 0.2) is 11.7 Å². The van der Waals surface area contributed by atoms with Crippen molar-refractivity contribution >= 4 is 17.7 Å². The van der Waals surface area contributed by atoms with Gasteiger partial charge in [-0.2, -0.15) is 0 Å². The number of allylic oxidation sites excluding steroid dienone is 2. The summed E-state index contributed by atoms with van der Waals surface area (Å²) in [5, 5.41) is 15.1. The molecule has 6 nitrogen and oxygen atoms in total. The van der Waals surface area contributed by atoms with Crippen LogP contribution in [0.1, 0.15) is 50.3 Å². The lowest BCUT2D eigenvalue weighted by molar-refractivity contribution is -0.142. The number of ether oxygens (including phenoxy) is 3. The van der Waals surface area contributed by atoms with Crippen LogP contribution in [-0.4, -0.2) is 36.9 Å². The summed E-state index contributed by atoms with van der Waals surface area (Å²) in [5.41, 5.74) is 1.31. The highest BCUT2D eigenvalue weighted by molar-refractivity contribution is 6.01. The molecule has 0 saturated heterocycles. The number of carbonyl (C=O) groups is 1. The number of hydrogen-bond donors (Lipinski definition) is 2. The lowest BCUT2D eigenvalue weighted by Crippen LogP contribution is -2.53. The van der Waals surface area contributed by atoms with Crippen molar-refractivity contribution in [3.05, 3.63) is 70.8 Å². The van der Waals surface area contributed by atoms with E-state index in [1.807, 2.05) is 19.1 Å². The molecule has 174 valence electrons. The first-order chi connectivity index (χ1) is 15.7. The Hall–Kier alpha value is -3.09. The predicted molar refractivity (Wildman–Crippen MR) is 129 cm³/mol. The Morgan fingerprint density at radius 1 is 1.18 bits per heavy atom. The Kier molecular flexibility index (Phi) is 6.08. The molecule has 2 heterocycles. The Bertz CT molecular complexity index is 1120. The summed E-state index contributed by atoms with van der Waals surface area (Å²) in [6.07, 6.45) is 6.76. The number of hydrogen-bond acceptors (Lipinski definition) is 5. The second-order valence-electron chi connectivity index (χ2n) is 9.07. The normalized spacial score (nSPS) is 25.4. The van der Waals surface area contributed by atoms with Crippen LogP contribution in [0.15, 0.2) is 54.1 Å². The zero-order chi connectivity index (χ0) is 23.8. The van der Waals surface area contributed by atoms with Gasteiger partial charge >= 0.3 is 0 Å². The summed E-state index contributed by atoms with van der Waals surface area (Å²) in [5.74, 6) is 0.786. The first kappa shape index (κ1) is 23.1. The van der Waals surface area contributed by atoms with Gasteiger partial charge in [-0.25, -0.2) is 0 Å². The second kappa shape index (κ2) is 8.69. The first-order valence-electron chi connectivity index (χ1n) is 11.1. The Morgan fingerprint density at radius 3 is 2.55 bits per heavy atom. The number of amides is 1. The summed E-state index contributed by atoms with van der Waals surface area (Å²) in [6, 6.07) is 10.7. The molecule has 0 bridgehead atoms. The van der Waals surface area contributed by atoms with Crippen LogP contribution < -0.4 is 14.8 Å². The van der Waals surface area contributed by atoms with Gasteiger partial charge in [-0.05, 0) is 69.5 Å². The van der Waals surface area contributed by atoms with Crippen LogP contribution in [0.25, 0.3) is 6.08 Å². The van der Waals surface area contributed by atoms with Gasteiger partial charge in [0.2, 0.25) is 0 Å². The van der Waals surface area contributed by atoms with Crippen LogP contribution in [0, 0.1) is 0 Å². The maximum atomic E-state index is 12.9. The summed E-state index contributed by atoms with van der Waals surface area (Å²) in [7, 11) is 3.00. The largest absolute Gasteiger partial charge is 0.497 e. The summed E-state index contributed by atoms with van der Waals surface area (Å²) in [4.78, 5) is 12.9. The average Bonchev–Trinajstić information content (AvgIpc) is 2.78. The van der Waals surface area contributed by atoms with Gasteiger partial charge < -0.3 is 24.6 Å². The maximum Gasteiger partial charge on any atom is 0.257 e. The van der Waals surface area contributed by atoms with Gasteiger partial charge in [-0.3, -0.25) is 4.79 Å². The van der Waals surface area contributed by atoms with Gasteiger partial charge in [0.25, 0.3) is 5.91 Å². The smallest absolute Gasteiger partial charge is 0.257 e. The minimum absolute atomic E-state index is 0.416. The SMILES string of the molecule is COc1ccc([C@@]2(O)c3c(ccc4c3O[C@@](C)(CCC=C(C)C)C=C4)NC(=O)[C@@H]2OC)cc1. The van der Waals surface area contributed by atoms with E-state index in [0.717, 1.165) is 18.4 Å². The molecule has 2 aromatic rings. The third-order valence-corrected chi connectivity index (χ3v) is 6.35. The van der Waals surface area contributed by atoms with Crippen LogP contribution in [0.5, 0.6) is 11.5 Å².